The molecule has 1 saturated carbocycles. The second kappa shape index (κ2) is 10.4. The highest BCUT2D eigenvalue weighted by molar-refractivity contribution is 7.71. The fourth-order valence-electron chi connectivity index (χ4n) is 4.57. The molecule has 0 atom stereocenters. The lowest BCUT2D eigenvalue weighted by atomic mass is 9.85. The zero-order valence-electron chi connectivity index (χ0n) is 20.6. The van der Waals surface area contributed by atoms with E-state index in [9.17, 15) is 18.8 Å². The summed E-state index contributed by atoms with van der Waals surface area (Å²) in [7, 11) is 0. The number of hydrogen-bond acceptors (Lipinski definition) is 6. The average Bonchev–Trinajstić information content (AvgIpc) is 3.19. The molecule has 3 N–H and O–H groups in total. The van der Waals surface area contributed by atoms with Crippen LogP contribution in [-0.4, -0.2) is 49.4 Å². The Labute approximate surface area is 212 Å². The quantitative estimate of drug-likeness (QED) is 0.339. The van der Waals surface area contributed by atoms with Gasteiger partial charge in [-0.2, -0.15) is 0 Å². The van der Waals surface area contributed by atoms with Gasteiger partial charge >= 0.3 is 6.09 Å². The van der Waals surface area contributed by atoms with Crippen molar-refractivity contribution >= 4 is 40.9 Å². The molecular weight excluding hydrogens is 487 g/mol. The maximum absolute atomic E-state index is 13.8. The largest absolute Gasteiger partial charge is 0.444 e. The normalized spacial score (nSPS) is 18.3. The van der Waals surface area contributed by atoms with E-state index in [4.69, 9.17) is 17.0 Å². The minimum Gasteiger partial charge on any atom is -0.444 e. The van der Waals surface area contributed by atoms with Crippen LogP contribution in [0.3, 0.4) is 0 Å². The standard InChI is InChI=1S/C24H31FN6O4S/c1-24(2,3)35-23(34)27-16-8-5-14(6-9-16)19(32)26-11-4-12-30-20(33)17-13-15(25)7-10-18(17)31-21(30)28-29-22(31)36/h7,10,13-14,16H,4-6,8-9,11-12H2,1-3H3,(H,26,32)(H,27,34)(H,29,36). The van der Waals surface area contributed by atoms with Crippen molar-refractivity contribution in [3.63, 3.8) is 0 Å². The maximum Gasteiger partial charge on any atom is 0.407 e. The first-order chi connectivity index (χ1) is 17.0. The molecule has 0 unspecified atom stereocenters. The molecule has 2 aromatic heterocycles. The van der Waals surface area contributed by atoms with Gasteiger partial charge in [0.1, 0.15) is 11.4 Å². The van der Waals surface area contributed by atoms with Gasteiger partial charge in [0.2, 0.25) is 16.5 Å². The first-order valence-electron chi connectivity index (χ1n) is 12.1. The van der Waals surface area contributed by atoms with E-state index < -0.39 is 17.5 Å². The molecule has 10 nitrogen and oxygen atoms in total. The van der Waals surface area contributed by atoms with Crippen molar-refractivity contribution in [1.82, 2.24) is 29.8 Å². The number of carbonyl (C=O) groups is 2. The Hall–Kier alpha value is -3.28. The summed E-state index contributed by atoms with van der Waals surface area (Å²) < 4.78 is 22.5. The molecule has 0 saturated heterocycles. The summed E-state index contributed by atoms with van der Waals surface area (Å²) in [5, 5.41) is 12.9. The molecule has 2 heterocycles. The van der Waals surface area contributed by atoms with Crippen molar-refractivity contribution in [1.29, 1.82) is 0 Å². The molecule has 0 aliphatic heterocycles. The van der Waals surface area contributed by atoms with Crippen molar-refractivity contribution in [2.45, 2.75) is 71.1 Å². The third-order valence-corrected chi connectivity index (χ3v) is 6.52. The number of rotatable bonds is 6. The second-order valence-electron chi connectivity index (χ2n) is 10.1. The van der Waals surface area contributed by atoms with Gasteiger partial charge in [-0.15, -0.1) is 5.10 Å². The highest BCUT2D eigenvalue weighted by Crippen LogP contribution is 2.25. The van der Waals surface area contributed by atoms with Gasteiger partial charge in [-0.1, -0.05) is 0 Å². The molecule has 0 radical (unpaired) electrons. The lowest BCUT2D eigenvalue weighted by molar-refractivity contribution is -0.126. The van der Waals surface area contributed by atoms with Crippen molar-refractivity contribution in [3.8, 4) is 0 Å². The average molecular weight is 519 g/mol. The molecule has 1 aliphatic rings. The third kappa shape index (κ3) is 5.75. The van der Waals surface area contributed by atoms with Gasteiger partial charge in [0.25, 0.3) is 5.56 Å². The molecule has 4 rings (SSSR count). The molecule has 36 heavy (non-hydrogen) atoms. The van der Waals surface area contributed by atoms with E-state index in [0.717, 1.165) is 0 Å². The van der Waals surface area contributed by atoms with E-state index in [1.165, 1.54) is 22.8 Å². The summed E-state index contributed by atoms with van der Waals surface area (Å²) in [4.78, 5) is 37.6. The number of alkyl carbamates (subject to hydrolysis) is 1. The Bertz CT molecular complexity index is 1400. The zero-order valence-corrected chi connectivity index (χ0v) is 21.4. The van der Waals surface area contributed by atoms with E-state index in [1.54, 1.807) is 4.40 Å². The smallest absolute Gasteiger partial charge is 0.407 e. The van der Waals surface area contributed by atoms with Crippen LogP contribution in [0.15, 0.2) is 23.0 Å². The number of halogens is 1. The minimum atomic E-state index is -0.551. The number of fused-ring (bicyclic) bond motifs is 3. The number of amides is 2. The first-order valence-corrected chi connectivity index (χ1v) is 12.5. The van der Waals surface area contributed by atoms with Crippen LogP contribution in [-0.2, 0) is 16.1 Å². The Morgan fingerprint density at radius 2 is 1.97 bits per heavy atom. The fraction of sp³-hybridized carbons (Fsp3) is 0.542. The lowest BCUT2D eigenvalue weighted by Gasteiger charge is -2.29. The number of hydrogen-bond donors (Lipinski definition) is 3. The number of nitrogens with one attached hydrogen (secondary N) is 3. The van der Waals surface area contributed by atoms with Crippen LogP contribution in [0.1, 0.15) is 52.9 Å². The number of H-pyrrole nitrogens is 1. The van der Waals surface area contributed by atoms with E-state index in [-0.39, 0.29) is 35.4 Å². The van der Waals surface area contributed by atoms with E-state index >= 15 is 0 Å². The van der Waals surface area contributed by atoms with E-state index in [0.29, 0.717) is 54.7 Å². The van der Waals surface area contributed by atoms with Crippen LogP contribution in [0.25, 0.3) is 16.7 Å². The van der Waals surface area contributed by atoms with E-state index in [2.05, 4.69) is 20.8 Å². The van der Waals surface area contributed by atoms with Gasteiger partial charge in [-0.05, 0) is 83.3 Å². The van der Waals surface area contributed by atoms with Crippen molar-refractivity contribution in [2.24, 2.45) is 5.92 Å². The van der Waals surface area contributed by atoms with Crippen molar-refractivity contribution < 1.29 is 18.7 Å². The molecule has 1 aliphatic carbocycles. The molecule has 2 amide bonds. The van der Waals surface area contributed by atoms with Gasteiger partial charge in [0.15, 0.2) is 0 Å². The lowest BCUT2D eigenvalue weighted by Crippen LogP contribution is -2.43. The number of aromatic nitrogens is 4. The Morgan fingerprint density at radius 1 is 1.25 bits per heavy atom. The molecule has 0 bridgehead atoms. The summed E-state index contributed by atoms with van der Waals surface area (Å²) >= 11 is 5.30. The number of nitrogens with zero attached hydrogens (tertiary/aromatic N) is 3. The number of carbonyl (C=O) groups excluding carboxylic acids is 2. The van der Waals surface area contributed by atoms with Crippen LogP contribution < -0.4 is 16.2 Å². The number of aromatic amines is 1. The molecule has 194 valence electrons. The Morgan fingerprint density at radius 3 is 2.67 bits per heavy atom. The maximum atomic E-state index is 13.8. The summed E-state index contributed by atoms with van der Waals surface area (Å²) in [6.07, 6.45) is 2.81. The second-order valence-corrected chi connectivity index (χ2v) is 10.5. The Kier molecular flexibility index (Phi) is 7.43. The predicted octanol–water partition coefficient (Wildman–Crippen LogP) is 3.44. The Balaban J connectivity index is 1.31. The summed E-state index contributed by atoms with van der Waals surface area (Å²) in [5.74, 6) is -0.328. The van der Waals surface area contributed by atoms with Gasteiger partial charge in [0, 0.05) is 25.0 Å². The number of benzene rings is 1. The molecule has 1 fully saturated rings. The first kappa shape index (κ1) is 25.8. The predicted molar refractivity (Wildman–Crippen MR) is 135 cm³/mol. The number of ether oxygens (including phenoxy) is 1. The summed E-state index contributed by atoms with van der Waals surface area (Å²) in [6, 6.07) is 3.97. The number of aryl methyl sites for hydroxylation is 1. The highest BCUT2D eigenvalue weighted by Gasteiger charge is 2.28. The van der Waals surface area contributed by atoms with Crippen LogP contribution >= 0.6 is 12.2 Å². The highest BCUT2D eigenvalue weighted by atomic mass is 32.1. The van der Waals surface area contributed by atoms with Gasteiger partial charge in [-0.25, -0.2) is 14.3 Å². The van der Waals surface area contributed by atoms with Crippen LogP contribution in [0, 0.1) is 16.5 Å². The van der Waals surface area contributed by atoms with Crippen LogP contribution in [0.5, 0.6) is 0 Å². The monoisotopic (exact) mass is 518 g/mol. The van der Waals surface area contributed by atoms with Gasteiger partial charge in [0.05, 0.1) is 10.9 Å². The van der Waals surface area contributed by atoms with E-state index in [1.807, 2.05) is 20.8 Å². The van der Waals surface area contributed by atoms with Crippen molar-refractivity contribution in [3.05, 3.63) is 39.1 Å². The van der Waals surface area contributed by atoms with Crippen LogP contribution in [0.4, 0.5) is 9.18 Å². The van der Waals surface area contributed by atoms with Gasteiger partial charge < -0.3 is 15.4 Å². The molecular formula is C24H31FN6O4S. The van der Waals surface area contributed by atoms with Crippen LogP contribution in [0.2, 0.25) is 0 Å². The summed E-state index contributed by atoms with van der Waals surface area (Å²) in [5.41, 5.74) is -0.436. The molecule has 1 aromatic carbocycles. The van der Waals surface area contributed by atoms with Gasteiger partial charge in [-0.3, -0.25) is 18.6 Å². The molecule has 12 heteroatoms. The topological polar surface area (TPSA) is 123 Å². The zero-order chi connectivity index (χ0) is 26.0. The molecule has 0 spiro atoms. The minimum absolute atomic E-state index is 0.00320. The SMILES string of the molecule is CC(C)(C)OC(=O)NC1CCC(C(=O)NCCCn2c(=O)c3cc(F)ccc3n3c(=S)[nH]nc23)CC1. The third-order valence-electron chi connectivity index (χ3n) is 6.25. The summed E-state index contributed by atoms with van der Waals surface area (Å²) in [6.45, 7) is 6.10. The molecule has 3 aromatic rings. The fourth-order valence-corrected chi connectivity index (χ4v) is 4.79. The van der Waals surface area contributed by atoms with Crippen molar-refractivity contribution in [2.75, 3.05) is 6.54 Å².